The van der Waals surface area contributed by atoms with E-state index in [9.17, 15) is 9.90 Å². The molecule has 1 aromatic heterocycles. The lowest BCUT2D eigenvalue weighted by atomic mass is 9.76. The largest absolute Gasteiger partial charge is 0.479 e. The molecule has 1 aliphatic rings. The SMILES string of the molecule is O=C(O)C1(n2nnnc2-c2cc(Br)ccc2I)CCC1. The topological polar surface area (TPSA) is 80.9 Å². The average molecular weight is 449 g/mol. The number of carboxylic acids is 1. The Hall–Kier alpha value is -1.03. The van der Waals surface area contributed by atoms with Crippen molar-refractivity contribution in [3.05, 3.63) is 26.2 Å². The molecule has 0 atom stereocenters. The zero-order valence-electron chi connectivity index (χ0n) is 10.3. The van der Waals surface area contributed by atoms with E-state index in [4.69, 9.17) is 0 Å². The number of carbonyl (C=O) groups is 1. The molecule has 1 aromatic carbocycles. The lowest BCUT2D eigenvalue weighted by molar-refractivity contribution is -0.153. The fraction of sp³-hybridized carbons (Fsp3) is 0.333. The molecule has 0 spiro atoms. The fourth-order valence-corrected chi connectivity index (χ4v) is 3.28. The molecule has 6 nitrogen and oxygen atoms in total. The molecule has 20 heavy (non-hydrogen) atoms. The van der Waals surface area contributed by atoms with Gasteiger partial charge in [-0.05, 0) is 70.5 Å². The third kappa shape index (κ3) is 2.05. The number of hydrogen-bond donors (Lipinski definition) is 1. The molecule has 3 rings (SSSR count). The molecule has 8 heteroatoms. The van der Waals surface area contributed by atoms with Gasteiger partial charge < -0.3 is 5.11 Å². The molecule has 1 aliphatic carbocycles. The van der Waals surface area contributed by atoms with Crippen molar-refractivity contribution in [2.24, 2.45) is 0 Å². The number of halogens is 2. The van der Waals surface area contributed by atoms with Gasteiger partial charge in [-0.25, -0.2) is 9.48 Å². The second-order valence-electron chi connectivity index (χ2n) is 4.73. The van der Waals surface area contributed by atoms with Gasteiger partial charge in [0.15, 0.2) is 11.4 Å². The van der Waals surface area contributed by atoms with E-state index in [1.165, 1.54) is 4.68 Å². The van der Waals surface area contributed by atoms with Crippen molar-refractivity contribution in [1.82, 2.24) is 20.2 Å². The van der Waals surface area contributed by atoms with E-state index in [1.807, 2.05) is 18.2 Å². The van der Waals surface area contributed by atoms with Crippen LogP contribution in [0.25, 0.3) is 11.4 Å². The number of hydrogen-bond acceptors (Lipinski definition) is 4. The number of nitrogens with zero attached hydrogens (tertiary/aromatic N) is 4. The van der Waals surface area contributed by atoms with E-state index in [2.05, 4.69) is 54.0 Å². The summed E-state index contributed by atoms with van der Waals surface area (Å²) in [6.07, 6.45) is 2.00. The number of carboxylic acid groups (broad SMARTS) is 1. The predicted octanol–water partition coefficient (Wildman–Crippen LogP) is 2.67. The standard InChI is InChI=1S/C12H10BrIN4O2/c13-7-2-3-9(14)8(6-7)10-15-16-17-18(10)12(11(19)20)4-1-5-12/h2-3,6H,1,4-5H2,(H,19,20). The van der Waals surface area contributed by atoms with Crippen LogP contribution in [-0.4, -0.2) is 31.3 Å². The molecule has 0 saturated heterocycles. The Morgan fingerprint density at radius 2 is 2.20 bits per heavy atom. The molecule has 1 N–H and O–H groups in total. The molecule has 0 aliphatic heterocycles. The monoisotopic (exact) mass is 448 g/mol. The normalized spacial score (nSPS) is 16.7. The van der Waals surface area contributed by atoms with Gasteiger partial charge in [0.2, 0.25) is 0 Å². The van der Waals surface area contributed by atoms with Crippen LogP contribution >= 0.6 is 38.5 Å². The van der Waals surface area contributed by atoms with Crippen LogP contribution in [0.15, 0.2) is 22.7 Å². The number of benzene rings is 1. The van der Waals surface area contributed by atoms with Gasteiger partial charge >= 0.3 is 5.97 Å². The zero-order valence-corrected chi connectivity index (χ0v) is 14.0. The quantitative estimate of drug-likeness (QED) is 0.730. The van der Waals surface area contributed by atoms with E-state index in [1.54, 1.807) is 0 Å². The van der Waals surface area contributed by atoms with Gasteiger partial charge in [0, 0.05) is 13.6 Å². The predicted molar refractivity (Wildman–Crippen MR) is 83.1 cm³/mol. The fourth-order valence-electron chi connectivity index (χ4n) is 2.34. The summed E-state index contributed by atoms with van der Waals surface area (Å²) in [6.45, 7) is 0. The first-order valence-corrected chi connectivity index (χ1v) is 7.89. The summed E-state index contributed by atoms with van der Waals surface area (Å²) < 4.78 is 3.34. The highest BCUT2D eigenvalue weighted by Crippen LogP contribution is 2.41. The van der Waals surface area contributed by atoms with Gasteiger partial charge in [0.05, 0.1) is 0 Å². The van der Waals surface area contributed by atoms with E-state index in [-0.39, 0.29) is 0 Å². The van der Waals surface area contributed by atoms with E-state index < -0.39 is 11.5 Å². The van der Waals surface area contributed by atoms with Crippen LogP contribution in [0.5, 0.6) is 0 Å². The Morgan fingerprint density at radius 1 is 1.45 bits per heavy atom. The van der Waals surface area contributed by atoms with Crippen LogP contribution in [0.4, 0.5) is 0 Å². The Morgan fingerprint density at radius 3 is 2.80 bits per heavy atom. The number of aliphatic carboxylic acids is 1. The highest BCUT2D eigenvalue weighted by atomic mass is 127. The van der Waals surface area contributed by atoms with E-state index >= 15 is 0 Å². The first-order valence-electron chi connectivity index (χ1n) is 6.02. The van der Waals surface area contributed by atoms with Gasteiger partial charge in [-0.1, -0.05) is 15.9 Å². The van der Waals surface area contributed by atoms with Gasteiger partial charge in [0.25, 0.3) is 0 Å². The molecule has 2 aromatic rings. The minimum Gasteiger partial charge on any atom is -0.479 e. The molecule has 1 heterocycles. The Labute approximate surface area is 136 Å². The van der Waals surface area contributed by atoms with Crippen molar-refractivity contribution in [3.63, 3.8) is 0 Å². The van der Waals surface area contributed by atoms with E-state index in [0.29, 0.717) is 18.7 Å². The summed E-state index contributed by atoms with van der Waals surface area (Å²) in [5, 5.41) is 21.2. The molecule has 0 radical (unpaired) electrons. The van der Waals surface area contributed by atoms with Crippen LogP contribution in [-0.2, 0) is 10.3 Å². The van der Waals surface area contributed by atoms with Gasteiger partial charge in [-0.3, -0.25) is 0 Å². The second-order valence-corrected chi connectivity index (χ2v) is 6.81. The summed E-state index contributed by atoms with van der Waals surface area (Å²) in [4.78, 5) is 11.6. The summed E-state index contributed by atoms with van der Waals surface area (Å²) in [6, 6.07) is 5.76. The molecule has 0 unspecified atom stereocenters. The molecular weight excluding hydrogens is 439 g/mol. The van der Waals surface area contributed by atoms with Crippen LogP contribution in [0.2, 0.25) is 0 Å². The maximum absolute atomic E-state index is 11.6. The Balaban J connectivity index is 2.16. The smallest absolute Gasteiger partial charge is 0.331 e. The van der Waals surface area contributed by atoms with Gasteiger partial charge in [0.1, 0.15) is 0 Å². The summed E-state index contributed by atoms with van der Waals surface area (Å²) in [7, 11) is 0. The van der Waals surface area contributed by atoms with Crippen molar-refractivity contribution in [2.45, 2.75) is 24.8 Å². The first kappa shape index (κ1) is 13.9. The maximum atomic E-state index is 11.6. The maximum Gasteiger partial charge on any atom is 0.331 e. The molecule has 0 amide bonds. The minimum atomic E-state index is -0.996. The van der Waals surface area contributed by atoms with Gasteiger partial charge in [-0.15, -0.1) is 5.10 Å². The first-order chi connectivity index (χ1) is 9.54. The molecule has 0 bridgehead atoms. The van der Waals surface area contributed by atoms with Crippen LogP contribution < -0.4 is 0 Å². The molecule has 1 saturated carbocycles. The second kappa shape index (κ2) is 5.06. The van der Waals surface area contributed by atoms with E-state index in [0.717, 1.165) is 20.0 Å². The molecule has 1 fully saturated rings. The van der Waals surface area contributed by atoms with Crippen molar-refractivity contribution >= 4 is 44.5 Å². The van der Waals surface area contributed by atoms with Crippen molar-refractivity contribution < 1.29 is 9.90 Å². The summed E-state index contributed by atoms with van der Waals surface area (Å²) >= 11 is 5.61. The Kier molecular flexibility index (Phi) is 3.53. The number of rotatable bonds is 3. The lowest BCUT2D eigenvalue weighted by Gasteiger charge is -2.37. The minimum absolute atomic E-state index is 0.498. The van der Waals surface area contributed by atoms with Crippen LogP contribution in [0.1, 0.15) is 19.3 Å². The highest BCUT2D eigenvalue weighted by molar-refractivity contribution is 14.1. The highest BCUT2D eigenvalue weighted by Gasteiger charge is 2.49. The zero-order chi connectivity index (χ0) is 14.3. The molecular formula is C12H10BrIN4O2. The summed E-state index contributed by atoms with van der Waals surface area (Å²) in [5.74, 6) is -0.375. The molecule has 104 valence electrons. The summed E-state index contributed by atoms with van der Waals surface area (Å²) in [5.41, 5.74) is -0.165. The lowest BCUT2D eigenvalue weighted by Crippen LogP contribution is -2.48. The third-order valence-electron chi connectivity index (χ3n) is 3.62. The van der Waals surface area contributed by atoms with Crippen LogP contribution in [0.3, 0.4) is 0 Å². The number of tetrazole rings is 1. The Bertz CT molecular complexity index is 684. The van der Waals surface area contributed by atoms with Crippen molar-refractivity contribution in [2.75, 3.05) is 0 Å². The van der Waals surface area contributed by atoms with Crippen LogP contribution in [0, 0.1) is 3.57 Å². The number of aromatic nitrogens is 4. The van der Waals surface area contributed by atoms with Gasteiger partial charge in [-0.2, -0.15) is 0 Å². The van der Waals surface area contributed by atoms with Crippen molar-refractivity contribution in [1.29, 1.82) is 0 Å². The van der Waals surface area contributed by atoms with Crippen molar-refractivity contribution in [3.8, 4) is 11.4 Å². The average Bonchev–Trinajstić information content (AvgIpc) is 2.80. The third-order valence-corrected chi connectivity index (χ3v) is 5.06.